The van der Waals surface area contributed by atoms with Crippen molar-refractivity contribution < 1.29 is 0 Å². The number of hydrogen-bond acceptors (Lipinski definition) is 0. The molecule has 0 fully saturated rings. The van der Waals surface area contributed by atoms with E-state index in [1.165, 1.54) is 6.42 Å². The topological polar surface area (TPSA) is 0 Å². The maximum Gasteiger partial charge on any atom is -0.0326 e. The third kappa shape index (κ3) is 3.70. The molecule has 0 aromatic rings. The van der Waals surface area contributed by atoms with Crippen molar-refractivity contribution in [2.45, 2.75) is 61.8 Å². The lowest BCUT2D eigenvalue weighted by molar-refractivity contribution is 0.102. The van der Waals surface area contributed by atoms with Crippen LogP contribution in [0.3, 0.4) is 0 Å². The zero-order valence-corrected chi connectivity index (χ0v) is 10.9. The first kappa shape index (κ1) is 13.0. The largest absolute Gasteiger partial charge is 0.0623 e. The van der Waals surface area contributed by atoms with Gasteiger partial charge in [-0.15, -0.1) is 0 Å². The molecule has 13 heavy (non-hydrogen) atoms. The average molecular weight is 184 g/mol. The van der Waals surface area contributed by atoms with Crippen LogP contribution in [-0.4, -0.2) is 0 Å². The zero-order chi connectivity index (χ0) is 10.9. The summed E-state index contributed by atoms with van der Waals surface area (Å²) in [5, 5.41) is 0. The molecule has 0 saturated carbocycles. The lowest BCUT2D eigenvalue weighted by atomic mass is 9.65. The van der Waals surface area contributed by atoms with Crippen molar-refractivity contribution >= 4 is 0 Å². The molecule has 0 saturated heterocycles. The Morgan fingerprint density at radius 1 is 0.692 bits per heavy atom. The van der Waals surface area contributed by atoms with Crippen LogP contribution in [0.25, 0.3) is 0 Å². The standard InChI is InChI=1S/C13H28/c1-10(2)12(5,6)9-13(7,8)11(3)4/h10-11H,9H2,1-8H3. The van der Waals surface area contributed by atoms with Crippen molar-refractivity contribution in [3.8, 4) is 0 Å². The molecular weight excluding hydrogens is 156 g/mol. The smallest absolute Gasteiger partial charge is 0.0326 e. The van der Waals surface area contributed by atoms with E-state index in [-0.39, 0.29) is 0 Å². The Kier molecular flexibility index (Phi) is 4.02. The number of rotatable bonds is 4. The average Bonchev–Trinajstić information content (AvgIpc) is 1.83. The van der Waals surface area contributed by atoms with Gasteiger partial charge in [0.1, 0.15) is 0 Å². The Morgan fingerprint density at radius 2 is 0.923 bits per heavy atom. The van der Waals surface area contributed by atoms with Gasteiger partial charge in [-0.05, 0) is 29.1 Å². The highest BCUT2D eigenvalue weighted by molar-refractivity contribution is 4.83. The van der Waals surface area contributed by atoms with Gasteiger partial charge >= 0.3 is 0 Å². The normalized spacial score (nSPS) is 14.3. The van der Waals surface area contributed by atoms with Crippen LogP contribution in [0.4, 0.5) is 0 Å². The van der Waals surface area contributed by atoms with E-state index in [2.05, 4.69) is 55.4 Å². The lowest BCUT2D eigenvalue weighted by Crippen LogP contribution is -2.30. The highest BCUT2D eigenvalue weighted by atomic mass is 14.4. The van der Waals surface area contributed by atoms with E-state index < -0.39 is 0 Å². The third-order valence-corrected chi connectivity index (χ3v) is 4.04. The van der Waals surface area contributed by atoms with Crippen LogP contribution in [0.1, 0.15) is 61.8 Å². The van der Waals surface area contributed by atoms with Crippen molar-refractivity contribution in [2.75, 3.05) is 0 Å². The summed E-state index contributed by atoms with van der Waals surface area (Å²) >= 11 is 0. The Morgan fingerprint density at radius 3 is 1.08 bits per heavy atom. The molecule has 0 aliphatic heterocycles. The monoisotopic (exact) mass is 184 g/mol. The van der Waals surface area contributed by atoms with Gasteiger partial charge < -0.3 is 0 Å². The van der Waals surface area contributed by atoms with Gasteiger partial charge in [-0.1, -0.05) is 55.4 Å². The second kappa shape index (κ2) is 4.02. The van der Waals surface area contributed by atoms with Crippen molar-refractivity contribution in [2.24, 2.45) is 22.7 Å². The molecule has 0 atom stereocenters. The van der Waals surface area contributed by atoms with Crippen LogP contribution in [0.5, 0.6) is 0 Å². The van der Waals surface area contributed by atoms with E-state index in [1.807, 2.05) is 0 Å². The molecule has 0 nitrogen and oxygen atoms in total. The van der Waals surface area contributed by atoms with Crippen LogP contribution in [0.15, 0.2) is 0 Å². The minimum atomic E-state index is 0.466. The predicted octanol–water partition coefficient (Wildman–Crippen LogP) is 4.74. The Hall–Kier alpha value is 0. The zero-order valence-electron chi connectivity index (χ0n) is 10.9. The van der Waals surface area contributed by atoms with Crippen molar-refractivity contribution in [3.63, 3.8) is 0 Å². The summed E-state index contributed by atoms with van der Waals surface area (Å²) in [6.07, 6.45) is 1.31. The molecule has 0 heteroatoms. The molecular formula is C13H28. The molecule has 0 N–H and O–H groups in total. The molecule has 0 aliphatic rings. The summed E-state index contributed by atoms with van der Waals surface area (Å²) in [5.74, 6) is 1.54. The van der Waals surface area contributed by atoms with Crippen LogP contribution in [0.2, 0.25) is 0 Å². The van der Waals surface area contributed by atoms with Crippen LogP contribution in [-0.2, 0) is 0 Å². The molecule has 0 amide bonds. The quantitative estimate of drug-likeness (QED) is 0.592. The second-order valence-corrected chi connectivity index (χ2v) is 6.46. The highest BCUT2D eigenvalue weighted by Gasteiger charge is 2.32. The van der Waals surface area contributed by atoms with Crippen molar-refractivity contribution in [3.05, 3.63) is 0 Å². The minimum Gasteiger partial charge on any atom is -0.0623 e. The highest BCUT2D eigenvalue weighted by Crippen LogP contribution is 2.42. The summed E-state index contributed by atoms with van der Waals surface area (Å²) in [6.45, 7) is 18.9. The van der Waals surface area contributed by atoms with E-state index in [0.717, 1.165) is 11.8 Å². The fourth-order valence-corrected chi connectivity index (χ4v) is 1.58. The summed E-state index contributed by atoms with van der Waals surface area (Å²) < 4.78 is 0. The fourth-order valence-electron chi connectivity index (χ4n) is 1.58. The summed E-state index contributed by atoms with van der Waals surface area (Å²) in [4.78, 5) is 0. The maximum atomic E-state index is 2.39. The van der Waals surface area contributed by atoms with Crippen molar-refractivity contribution in [1.29, 1.82) is 0 Å². The molecule has 0 aromatic carbocycles. The van der Waals surface area contributed by atoms with E-state index in [9.17, 15) is 0 Å². The van der Waals surface area contributed by atoms with Crippen molar-refractivity contribution in [1.82, 2.24) is 0 Å². The minimum absolute atomic E-state index is 0.466. The van der Waals surface area contributed by atoms with Gasteiger partial charge in [-0.25, -0.2) is 0 Å². The first-order valence-electron chi connectivity index (χ1n) is 5.59. The van der Waals surface area contributed by atoms with Gasteiger partial charge in [0, 0.05) is 0 Å². The second-order valence-electron chi connectivity index (χ2n) is 6.46. The van der Waals surface area contributed by atoms with Gasteiger partial charge in [0.25, 0.3) is 0 Å². The summed E-state index contributed by atoms with van der Waals surface area (Å²) in [6, 6.07) is 0. The van der Waals surface area contributed by atoms with E-state index in [1.54, 1.807) is 0 Å². The molecule has 0 heterocycles. The fraction of sp³-hybridized carbons (Fsp3) is 1.00. The summed E-state index contributed by atoms with van der Waals surface area (Å²) in [7, 11) is 0. The van der Waals surface area contributed by atoms with Gasteiger partial charge in [-0.3, -0.25) is 0 Å². The lowest BCUT2D eigenvalue weighted by Gasteiger charge is -2.40. The maximum absolute atomic E-state index is 2.39. The third-order valence-electron chi connectivity index (χ3n) is 4.04. The molecule has 0 spiro atoms. The molecule has 0 bridgehead atoms. The first-order valence-corrected chi connectivity index (χ1v) is 5.59. The molecule has 0 aliphatic carbocycles. The molecule has 0 aromatic heterocycles. The van der Waals surface area contributed by atoms with Crippen LogP contribution < -0.4 is 0 Å². The molecule has 0 rings (SSSR count). The Balaban J connectivity index is 4.42. The Bertz CT molecular complexity index is 131. The molecule has 80 valence electrons. The Labute approximate surface area is 85.1 Å². The number of hydrogen-bond donors (Lipinski definition) is 0. The van der Waals surface area contributed by atoms with E-state index in [0.29, 0.717) is 10.8 Å². The van der Waals surface area contributed by atoms with E-state index in [4.69, 9.17) is 0 Å². The molecule has 0 radical (unpaired) electrons. The van der Waals surface area contributed by atoms with E-state index >= 15 is 0 Å². The predicted molar refractivity (Wildman–Crippen MR) is 61.9 cm³/mol. The first-order chi connectivity index (χ1) is 5.59. The van der Waals surface area contributed by atoms with Gasteiger partial charge in [-0.2, -0.15) is 0 Å². The molecule has 0 unspecified atom stereocenters. The summed E-state index contributed by atoms with van der Waals surface area (Å²) in [5.41, 5.74) is 0.932. The van der Waals surface area contributed by atoms with Gasteiger partial charge in [0.2, 0.25) is 0 Å². The SMILES string of the molecule is CC(C)C(C)(C)CC(C)(C)C(C)C. The van der Waals surface area contributed by atoms with Crippen LogP contribution in [0, 0.1) is 22.7 Å². The van der Waals surface area contributed by atoms with Crippen LogP contribution >= 0.6 is 0 Å². The van der Waals surface area contributed by atoms with Gasteiger partial charge in [0.05, 0.1) is 0 Å². The van der Waals surface area contributed by atoms with Gasteiger partial charge in [0.15, 0.2) is 0 Å².